The van der Waals surface area contributed by atoms with E-state index in [9.17, 15) is 8.78 Å². The summed E-state index contributed by atoms with van der Waals surface area (Å²) in [5, 5.41) is 5.07. The van der Waals surface area contributed by atoms with E-state index in [4.69, 9.17) is 4.74 Å². The average Bonchev–Trinajstić information content (AvgIpc) is 2.85. The zero-order valence-corrected chi connectivity index (χ0v) is 11.6. The van der Waals surface area contributed by atoms with Crippen molar-refractivity contribution in [2.45, 2.75) is 13.0 Å². The summed E-state index contributed by atoms with van der Waals surface area (Å²) in [6.45, 7) is 2.63. The first-order valence-corrected chi connectivity index (χ1v) is 6.84. The van der Waals surface area contributed by atoms with Crippen LogP contribution in [0.25, 0.3) is 0 Å². The van der Waals surface area contributed by atoms with E-state index in [0.717, 1.165) is 16.7 Å². The van der Waals surface area contributed by atoms with Crippen molar-refractivity contribution in [2.24, 2.45) is 0 Å². The highest BCUT2D eigenvalue weighted by Crippen LogP contribution is 2.32. The highest BCUT2D eigenvalue weighted by Gasteiger charge is 2.19. The van der Waals surface area contributed by atoms with Crippen LogP contribution in [-0.2, 0) is 0 Å². The third kappa shape index (κ3) is 3.11. The second-order valence-corrected chi connectivity index (χ2v) is 4.99. The van der Waals surface area contributed by atoms with Gasteiger partial charge in [-0.3, -0.25) is 0 Å². The Morgan fingerprint density at radius 3 is 2.68 bits per heavy atom. The summed E-state index contributed by atoms with van der Waals surface area (Å²) in [4.78, 5) is 0.934. The van der Waals surface area contributed by atoms with Gasteiger partial charge in [-0.15, -0.1) is 11.3 Å². The van der Waals surface area contributed by atoms with Crippen LogP contribution in [0.4, 0.5) is 8.78 Å². The lowest BCUT2D eigenvalue weighted by Crippen LogP contribution is -2.22. The molecule has 0 bridgehead atoms. The molecular formula is C14H15F2NOS. The highest BCUT2D eigenvalue weighted by atomic mass is 32.1. The van der Waals surface area contributed by atoms with Gasteiger partial charge in [-0.2, -0.15) is 0 Å². The number of rotatable bonds is 5. The van der Waals surface area contributed by atoms with Gasteiger partial charge in [0, 0.05) is 21.9 Å². The Morgan fingerprint density at radius 1 is 1.32 bits per heavy atom. The molecule has 5 heteroatoms. The highest BCUT2D eigenvalue weighted by molar-refractivity contribution is 7.10. The quantitative estimate of drug-likeness (QED) is 0.902. The molecule has 1 atom stereocenters. The van der Waals surface area contributed by atoms with Crippen LogP contribution < -0.4 is 10.1 Å². The Kier molecular flexibility index (Phi) is 4.50. The van der Waals surface area contributed by atoms with Crippen LogP contribution in [0.2, 0.25) is 0 Å². The predicted octanol–water partition coefficient (Wildman–Crippen LogP) is 3.73. The number of hydrogen-bond acceptors (Lipinski definition) is 3. The smallest absolute Gasteiger partial charge is 0.131 e. The molecule has 0 amide bonds. The summed E-state index contributed by atoms with van der Waals surface area (Å²) >= 11 is 1.48. The van der Waals surface area contributed by atoms with Crippen LogP contribution in [0.3, 0.4) is 0 Å². The van der Waals surface area contributed by atoms with Crippen molar-refractivity contribution in [3.63, 3.8) is 0 Å². The van der Waals surface area contributed by atoms with Gasteiger partial charge < -0.3 is 10.1 Å². The molecule has 0 spiro atoms. The summed E-state index contributed by atoms with van der Waals surface area (Å²) in [6, 6.07) is 5.22. The Labute approximate surface area is 115 Å². The fourth-order valence-corrected chi connectivity index (χ4v) is 2.84. The lowest BCUT2D eigenvalue weighted by Gasteiger charge is -2.17. The molecule has 1 aromatic heterocycles. The normalized spacial score (nSPS) is 12.4. The molecule has 2 rings (SSSR count). The van der Waals surface area contributed by atoms with Gasteiger partial charge in [0.2, 0.25) is 0 Å². The van der Waals surface area contributed by atoms with Crippen LogP contribution in [0.5, 0.6) is 5.75 Å². The van der Waals surface area contributed by atoms with Gasteiger partial charge in [0.1, 0.15) is 17.4 Å². The van der Waals surface area contributed by atoms with Gasteiger partial charge >= 0.3 is 0 Å². The third-order valence-corrected chi connectivity index (χ3v) is 3.77. The maximum absolute atomic E-state index is 13.9. The fraction of sp³-hybridized carbons (Fsp3) is 0.286. The molecule has 0 radical (unpaired) electrons. The van der Waals surface area contributed by atoms with Crippen molar-refractivity contribution >= 4 is 11.3 Å². The van der Waals surface area contributed by atoms with Crippen molar-refractivity contribution in [1.82, 2.24) is 5.32 Å². The van der Waals surface area contributed by atoms with Gasteiger partial charge in [-0.1, -0.05) is 13.0 Å². The van der Waals surface area contributed by atoms with Crippen molar-refractivity contribution in [3.05, 3.63) is 51.7 Å². The second-order valence-electron chi connectivity index (χ2n) is 4.05. The summed E-state index contributed by atoms with van der Waals surface area (Å²) in [5.41, 5.74) is 0.438. The zero-order chi connectivity index (χ0) is 13.8. The van der Waals surface area contributed by atoms with Gasteiger partial charge in [-0.25, -0.2) is 8.78 Å². The van der Waals surface area contributed by atoms with Crippen LogP contribution in [0.15, 0.2) is 29.6 Å². The number of ether oxygens (including phenoxy) is 1. The average molecular weight is 283 g/mol. The number of thiophene rings is 1. The fourth-order valence-electron chi connectivity index (χ4n) is 1.90. The third-order valence-electron chi connectivity index (χ3n) is 2.80. The topological polar surface area (TPSA) is 21.3 Å². The number of nitrogens with one attached hydrogen (secondary N) is 1. The molecule has 2 nitrogen and oxygen atoms in total. The molecule has 0 aliphatic rings. The maximum Gasteiger partial charge on any atom is 0.131 e. The number of halogens is 2. The molecule has 0 aliphatic carbocycles. The van der Waals surface area contributed by atoms with Gasteiger partial charge in [0.15, 0.2) is 0 Å². The van der Waals surface area contributed by atoms with E-state index >= 15 is 0 Å². The minimum atomic E-state index is -0.569. The maximum atomic E-state index is 13.9. The van der Waals surface area contributed by atoms with E-state index in [2.05, 4.69) is 5.32 Å². The molecule has 0 saturated carbocycles. The minimum Gasteiger partial charge on any atom is -0.496 e. The standard InChI is InChI=1S/C14H15F2NOS/c1-3-17-14(13-7-10(18-2)8-19-13)11-5-4-9(15)6-12(11)16/h4-8,14,17H,3H2,1-2H3. The molecule has 0 fully saturated rings. The Morgan fingerprint density at radius 2 is 2.11 bits per heavy atom. The summed E-state index contributed by atoms with van der Waals surface area (Å²) in [5.74, 6) is -0.371. The lowest BCUT2D eigenvalue weighted by molar-refractivity contribution is 0.416. The van der Waals surface area contributed by atoms with Crippen molar-refractivity contribution in [1.29, 1.82) is 0 Å². The molecule has 1 heterocycles. The summed E-state index contributed by atoms with van der Waals surface area (Å²) in [7, 11) is 1.59. The molecule has 102 valence electrons. The molecule has 1 N–H and O–H groups in total. The molecule has 2 aromatic rings. The van der Waals surface area contributed by atoms with E-state index in [1.807, 2.05) is 18.4 Å². The van der Waals surface area contributed by atoms with Crippen LogP contribution in [-0.4, -0.2) is 13.7 Å². The number of hydrogen-bond donors (Lipinski definition) is 1. The van der Waals surface area contributed by atoms with E-state index in [-0.39, 0.29) is 6.04 Å². The van der Waals surface area contributed by atoms with Crippen molar-refractivity contribution in [3.8, 4) is 5.75 Å². The minimum absolute atomic E-state index is 0.292. The zero-order valence-electron chi connectivity index (χ0n) is 10.7. The summed E-state index contributed by atoms with van der Waals surface area (Å²) < 4.78 is 32.0. The summed E-state index contributed by atoms with van der Waals surface area (Å²) in [6.07, 6.45) is 0. The van der Waals surface area contributed by atoms with E-state index in [1.165, 1.54) is 23.5 Å². The van der Waals surface area contributed by atoms with Gasteiger partial charge in [-0.05, 0) is 18.7 Å². The number of benzene rings is 1. The van der Waals surface area contributed by atoms with Crippen LogP contribution in [0, 0.1) is 11.6 Å². The first-order valence-electron chi connectivity index (χ1n) is 5.96. The first kappa shape index (κ1) is 14.0. The Hall–Kier alpha value is -1.46. The number of methoxy groups -OCH3 is 1. The Balaban J connectivity index is 2.38. The van der Waals surface area contributed by atoms with Crippen LogP contribution in [0.1, 0.15) is 23.4 Å². The molecule has 19 heavy (non-hydrogen) atoms. The first-order chi connectivity index (χ1) is 9.15. The molecule has 0 saturated heterocycles. The molecule has 1 unspecified atom stereocenters. The Bertz CT molecular complexity index is 556. The predicted molar refractivity (Wildman–Crippen MR) is 72.7 cm³/mol. The second kappa shape index (κ2) is 6.12. The molecule has 0 aliphatic heterocycles. The largest absolute Gasteiger partial charge is 0.496 e. The molecular weight excluding hydrogens is 268 g/mol. The van der Waals surface area contributed by atoms with E-state index in [0.29, 0.717) is 12.1 Å². The van der Waals surface area contributed by atoms with E-state index < -0.39 is 11.6 Å². The lowest BCUT2D eigenvalue weighted by atomic mass is 10.0. The SMILES string of the molecule is CCNC(c1cc(OC)cs1)c1ccc(F)cc1F. The van der Waals surface area contributed by atoms with Crippen LogP contribution >= 0.6 is 11.3 Å². The van der Waals surface area contributed by atoms with Crippen molar-refractivity contribution in [2.75, 3.05) is 13.7 Å². The molecule has 1 aromatic carbocycles. The monoisotopic (exact) mass is 283 g/mol. The van der Waals surface area contributed by atoms with Gasteiger partial charge in [0.25, 0.3) is 0 Å². The van der Waals surface area contributed by atoms with Crippen molar-refractivity contribution < 1.29 is 13.5 Å². The van der Waals surface area contributed by atoms with E-state index in [1.54, 1.807) is 7.11 Å². The van der Waals surface area contributed by atoms with Gasteiger partial charge in [0.05, 0.1) is 13.2 Å².